The molecular weight excluding hydrogens is 269 g/mol. The van der Waals surface area contributed by atoms with Gasteiger partial charge in [0.25, 0.3) is 0 Å². The Morgan fingerprint density at radius 1 is 1.53 bits per heavy atom. The van der Waals surface area contributed by atoms with Crippen LogP contribution in [-0.2, 0) is 17.2 Å². The molecule has 0 radical (unpaired) electrons. The van der Waals surface area contributed by atoms with Gasteiger partial charge in [0.05, 0.1) is 16.9 Å². The molecular formula is C13H15ClFN3O. The number of alkyl halides is 1. The van der Waals surface area contributed by atoms with Crippen LogP contribution in [0.25, 0.3) is 11.0 Å². The number of rotatable bonds is 4. The number of benzene rings is 1. The first-order valence-corrected chi connectivity index (χ1v) is 6.52. The predicted molar refractivity (Wildman–Crippen MR) is 72.7 cm³/mol. The van der Waals surface area contributed by atoms with Crippen molar-refractivity contribution >= 4 is 28.5 Å². The molecule has 1 N–H and O–H groups in total. The quantitative estimate of drug-likeness (QED) is 0.876. The molecule has 1 aromatic carbocycles. The van der Waals surface area contributed by atoms with Gasteiger partial charge in [-0.3, -0.25) is 4.79 Å². The van der Waals surface area contributed by atoms with Crippen LogP contribution in [0.4, 0.5) is 4.39 Å². The molecule has 2 rings (SSSR count). The van der Waals surface area contributed by atoms with Gasteiger partial charge in [-0.1, -0.05) is 0 Å². The highest BCUT2D eigenvalue weighted by Crippen LogP contribution is 2.21. The lowest BCUT2D eigenvalue weighted by Gasteiger charge is -2.08. The Balaban J connectivity index is 2.39. The highest BCUT2D eigenvalue weighted by molar-refractivity contribution is 6.16. The summed E-state index contributed by atoms with van der Waals surface area (Å²) in [6, 6.07) is 3.16. The average Bonchev–Trinajstić information content (AvgIpc) is 2.67. The molecule has 2 aromatic rings. The van der Waals surface area contributed by atoms with E-state index in [1.54, 1.807) is 13.0 Å². The lowest BCUT2D eigenvalue weighted by atomic mass is 10.2. The topological polar surface area (TPSA) is 46.9 Å². The van der Waals surface area contributed by atoms with Crippen LogP contribution in [-0.4, -0.2) is 22.0 Å². The fraction of sp³-hybridized carbons (Fsp3) is 0.385. The van der Waals surface area contributed by atoms with E-state index < -0.39 is 0 Å². The van der Waals surface area contributed by atoms with E-state index in [0.717, 1.165) is 5.52 Å². The van der Waals surface area contributed by atoms with Crippen molar-refractivity contribution in [2.24, 2.45) is 0 Å². The molecule has 1 heterocycles. The molecule has 0 aliphatic heterocycles. The molecule has 19 heavy (non-hydrogen) atoms. The van der Waals surface area contributed by atoms with Gasteiger partial charge < -0.3 is 9.88 Å². The lowest BCUT2D eigenvalue weighted by Crippen LogP contribution is -2.24. The van der Waals surface area contributed by atoms with Gasteiger partial charge in [0, 0.05) is 26.1 Å². The minimum atomic E-state index is -0.278. The van der Waals surface area contributed by atoms with Gasteiger partial charge in [-0.15, -0.1) is 11.6 Å². The Labute approximate surface area is 115 Å². The molecule has 1 aromatic heterocycles. The Morgan fingerprint density at radius 2 is 2.26 bits per heavy atom. The molecule has 0 unspecified atom stereocenters. The zero-order valence-electron chi connectivity index (χ0n) is 10.8. The van der Waals surface area contributed by atoms with E-state index in [1.165, 1.54) is 13.0 Å². The van der Waals surface area contributed by atoms with Crippen LogP contribution in [0.5, 0.6) is 0 Å². The number of aryl methyl sites for hydroxylation is 1. The summed E-state index contributed by atoms with van der Waals surface area (Å²) in [6.07, 6.45) is 0. The Hall–Kier alpha value is -1.62. The summed E-state index contributed by atoms with van der Waals surface area (Å²) in [7, 11) is 0. The monoisotopic (exact) mass is 283 g/mol. The van der Waals surface area contributed by atoms with Crippen LogP contribution in [0.2, 0.25) is 0 Å². The first-order valence-electron chi connectivity index (χ1n) is 5.98. The largest absolute Gasteiger partial charge is 0.355 e. The van der Waals surface area contributed by atoms with E-state index in [9.17, 15) is 9.18 Å². The highest BCUT2D eigenvalue weighted by atomic mass is 35.5. The summed E-state index contributed by atoms with van der Waals surface area (Å²) >= 11 is 5.86. The molecule has 0 bridgehead atoms. The Morgan fingerprint density at radius 3 is 2.89 bits per heavy atom. The number of imidazole rings is 1. The normalized spacial score (nSPS) is 10.9. The standard InChI is InChI=1S/C13H15ClFN3O/c1-8-5-12-11(6-10(8)15)17-13(7-14)18(12)4-3-16-9(2)19/h5-6H,3-4,7H2,1-2H3,(H,16,19). The molecule has 4 nitrogen and oxygen atoms in total. The minimum Gasteiger partial charge on any atom is -0.355 e. The van der Waals surface area contributed by atoms with Crippen LogP contribution in [0.15, 0.2) is 12.1 Å². The number of nitrogens with one attached hydrogen (secondary N) is 1. The van der Waals surface area contributed by atoms with Crippen molar-refractivity contribution in [3.8, 4) is 0 Å². The molecule has 1 amide bonds. The van der Waals surface area contributed by atoms with Gasteiger partial charge in [-0.25, -0.2) is 9.37 Å². The third kappa shape index (κ3) is 2.87. The summed E-state index contributed by atoms with van der Waals surface area (Å²) in [5, 5.41) is 2.72. The molecule has 0 saturated heterocycles. The summed E-state index contributed by atoms with van der Waals surface area (Å²) in [5.74, 6) is 0.557. The molecule has 102 valence electrons. The summed E-state index contributed by atoms with van der Waals surface area (Å²) in [6.45, 7) is 4.22. The fourth-order valence-electron chi connectivity index (χ4n) is 2.00. The second kappa shape index (κ2) is 5.57. The number of fused-ring (bicyclic) bond motifs is 1. The van der Waals surface area contributed by atoms with Gasteiger partial charge in [0.15, 0.2) is 0 Å². The number of halogens is 2. The second-order valence-electron chi connectivity index (χ2n) is 4.39. The van der Waals surface area contributed by atoms with Gasteiger partial charge in [-0.2, -0.15) is 0 Å². The number of carbonyl (C=O) groups is 1. The van der Waals surface area contributed by atoms with Crippen LogP contribution < -0.4 is 5.32 Å². The van der Waals surface area contributed by atoms with Gasteiger partial charge in [-0.05, 0) is 18.6 Å². The SMILES string of the molecule is CC(=O)NCCn1c(CCl)nc2cc(F)c(C)cc21. The van der Waals surface area contributed by atoms with Crippen LogP contribution in [0.3, 0.4) is 0 Å². The number of hydrogen-bond acceptors (Lipinski definition) is 2. The molecule has 0 fully saturated rings. The average molecular weight is 284 g/mol. The number of hydrogen-bond donors (Lipinski definition) is 1. The van der Waals surface area contributed by atoms with Crippen LogP contribution >= 0.6 is 11.6 Å². The molecule has 0 saturated carbocycles. The highest BCUT2D eigenvalue weighted by Gasteiger charge is 2.12. The van der Waals surface area contributed by atoms with Crippen LogP contribution in [0, 0.1) is 12.7 Å². The van der Waals surface area contributed by atoms with E-state index in [2.05, 4.69) is 10.3 Å². The number of carbonyl (C=O) groups excluding carboxylic acids is 1. The number of aromatic nitrogens is 2. The molecule has 6 heteroatoms. The number of amides is 1. The fourth-order valence-corrected chi connectivity index (χ4v) is 2.20. The predicted octanol–water partition coefficient (Wildman–Crippen LogP) is 2.36. The van der Waals surface area contributed by atoms with Gasteiger partial charge in [0.2, 0.25) is 5.91 Å². The summed E-state index contributed by atoms with van der Waals surface area (Å²) < 4.78 is 15.4. The van der Waals surface area contributed by atoms with Crippen molar-refractivity contribution < 1.29 is 9.18 Å². The molecule has 0 aliphatic rings. The van der Waals surface area contributed by atoms with Crippen molar-refractivity contribution in [1.29, 1.82) is 0 Å². The summed E-state index contributed by atoms with van der Waals surface area (Å²) in [4.78, 5) is 15.2. The van der Waals surface area contributed by atoms with Gasteiger partial charge >= 0.3 is 0 Å². The summed E-state index contributed by atoms with van der Waals surface area (Å²) in [5.41, 5.74) is 1.98. The maximum atomic E-state index is 13.5. The second-order valence-corrected chi connectivity index (χ2v) is 4.65. The third-order valence-electron chi connectivity index (χ3n) is 2.94. The van der Waals surface area contributed by atoms with E-state index in [-0.39, 0.29) is 17.6 Å². The molecule has 0 atom stereocenters. The zero-order valence-corrected chi connectivity index (χ0v) is 11.6. The maximum Gasteiger partial charge on any atom is 0.216 e. The van der Waals surface area contributed by atoms with Crippen molar-refractivity contribution in [2.75, 3.05) is 6.54 Å². The lowest BCUT2D eigenvalue weighted by molar-refractivity contribution is -0.118. The van der Waals surface area contributed by atoms with Crippen molar-refractivity contribution in [2.45, 2.75) is 26.3 Å². The molecule has 0 spiro atoms. The Kier molecular flexibility index (Phi) is 4.04. The van der Waals surface area contributed by atoms with Crippen molar-refractivity contribution in [3.63, 3.8) is 0 Å². The van der Waals surface area contributed by atoms with E-state index in [0.29, 0.717) is 30.0 Å². The first kappa shape index (κ1) is 13.8. The van der Waals surface area contributed by atoms with Crippen LogP contribution in [0.1, 0.15) is 18.3 Å². The maximum absolute atomic E-state index is 13.5. The van der Waals surface area contributed by atoms with Crippen molar-refractivity contribution in [3.05, 3.63) is 29.3 Å². The van der Waals surface area contributed by atoms with E-state index in [4.69, 9.17) is 11.6 Å². The smallest absolute Gasteiger partial charge is 0.216 e. The number of nitrogens with zero attached hydrogens (tertiary/aromatic N) is 2. The molecule has 0 aliphatic carbocycles. The minimum absolute atomic E-state index is 0.0842. The van der Waals surface area contributed by atoms with Crippen molar-refractivity contribution in [1.82, 2.24) is 14.9 Å². The van der Waals surface area contributed by atoms with E-state index >= 15 is 0 Å². The Bertz CT molecular complexity index is 624. The first-order chi connectivity index (χ1) is 9.02. The van der Waals surface area contributed by atoms with E-state index in [1.807, 2.05) is 4.57 Å². The zero-order chi connectivity index (χ0) is 14.0. The van der Waals surface area contributed by atoms with Gasteiger partial charge in [0.1, 0.15) is 11.6 Å². The third-order valence-corrected chi connectivity index (χ3v) is 3.18.